The van der Waals surface area contributed by atoms with Crippen LogP contribution in [0.1, 0.15) is 0 Å². The second-order valence-electron chi connectivity index (χ2n) is 5.17. The van der Waals surface area contributed by atoms with Gasteiger partial charge in [0.25, 0.3) is 0 Å². The van der Waals surface area contributed by atoms with Crippen LogP contribution in [0.3, 0.4) is 0 Å². The number of aromatic nitrogens is 4. The van der Waals surface area contributed by atoms with Crippen molar-refractivity contribution in [1.82, 2.24) is 19.5 Å². The number of hydrogen-bond acceptors (Lipinski definition) is 3. The number of halogens is 2. The minimum atomic E-state index is -0.476. The first kappa shape index (κ1) is 14.6. The standard InChI is InChI=1S/C17H10ClFN4O/c18-11-2-3-14(12(19)7-11)23-15-9-20-6-5-13(15)22-17(23)10-1-4-16(24)21-8-10/h1-9H,(H,21,24). The van der Waals surface area contributed by atoms with Crippen LogP contribution in [-0.2, 0) is 0 Å². The molecule has 24 heavy (non-hydrogen) atoms. The number of hydrogen-bond donors (Lipinski definition) is 1. The average Bonchev–Trinajstić information content (AvgIpc) is 2.95. The lowest BCUT2D eigenvalue weighted by atomic mass is 10.2. The Morgan fingerprint density at radius 3 is 2.79 bits per heavy atom. The van der Waals surface area contributed by atoms with Crippen LogP contribution >= 0.6 is 11.6 Å². The summed E-state index contributed by atoms with van der Waals surface area (Å²) in [5, 5.41) is 0.310. The quantitative estimate of drug-likeness (QED) is 0.606. The molecule has 5 nitrogen and oxygen atoms in total. The highest BCUT2D eigenvalue weighted by molar-refractivity contribution is 6.30. The molecule has 0 bridgehead atoms. The first-order chi connectivity index (χ1) is 11.6. The van der Waals surface area contributed by atoms with Crippen LogP contribution in [0.2, 0.25) is 5.02 Å². The van der Waals surface area contributed by atoms with Crippen molar-refractivity contribution in [2.45, 2.75) is 0 Å². The molecular weight excluding hydrogens is 331 g/mol. The van der Waals surface area contributed by atoms with Crippen molar-refractivity contribution in [1.29, 1.82) is 0 Å². The van der Waals surface area contributed by atoms with Crippen LogP contribution < -0.4 is 5.56 Å². The molecule has 3 heterocycles. The highest BCUT2D eigenvalue weighted by atomic mass is 35.5. The molecule has 3 aromatic heterocycles. The highest BCUT2D eigenvalue weighted by Gasteiger charge is 2.17. The molecule has 4 rings (SSSR count). The second kappa shape index (κ2) is 5.58. The molecule has 0 aliphatic rings. The Balaban J connectivity index is 2.07. The van der Waals surface area contributed by atoms with Gasteiger partial charge in [0, 0.05) is 29.0 Å². The molecule has 0 aliphatic carbocycles. The topological polar surface area (TPSA) is 63.6 Å². The van der Waals surface area contributed by atoms with Crippen molar-refractivity contribution in [2.75, 3.05) is 0 Å². The van der Waals surface area contributed by atoms with Crippen molar-refractivity contribution < 1.29 is 4.39 Å². The van der Waals surface area contributed by atoms with Crippen LogP contribution in [-0.4, -0.2) is 19.5 Å². The maximum Gasteiger partial charge on any atom is 0.247 e. The molecule has 0 unspecified atom stereocenters. The first-order valence-electron chi connectivity index (χ1n) is 7.10. The number of H-pyrrole nitrogens is 1. The lowest BCUT2D eigenvalue weighted by Crippen LogP contribution is -2.04. The largest absolute Gasteiger partial charge is 0.328 e. The summed E-state index contributed by atoms with van der Waals surface area (Å²) in [4.78, 5) is 22.6. The van der Waals surface area contributed by atoms with E-state index in [4.69, 9.17) is 11.6 Å². The zero-order valence-electron chi connectivity index (χ0n) is 12.2. The van der Waals surface area contributed by atoms with Gasteiger partial charge in [-0.25, -0.2) is 9.37 Å². The summed E-state index contributed by atoms with van der Waals surface area (Å²) in [6.45, 7) is 0. The van der Waals surface area contributed by atoms with Gasteiger partial charge in [-0.05, 0) is 30.3 Å². The van der Waals surface area contributed by atoms with E-state index in [2.05, 4.69) is 15.0 Å². The molecule has 7 heteroatoms. The van der Waals surface area contributed by atoms with E-state index >= 15 is 0 Å². The summed E-state index contributed by atoms with van der Waals surface area (Å²) in [6, 6.07) is 9.22. The van der Waals surface area contributed by atoms with E-state index in [1.165, 1.54) is 12.1 Å². The molecule has 118 valence electrons. The van der Waals surface area contributed by atoms with E-state index in [0.717, 1.165) is 0 Å². The number of nitrogens with one attached hydrogen (secondary N) is 1. The molecule has 0 saturated heterocycles. The fraction of sp³-hybridized carbons (Fsp3) is 0. The lowest BCUT2D eigenvalue weighted by Gasteiger charge is -2.10. The summed E-state index contributed by atoms with van der Waals surface area (Å²) in [7, 11) is 0. The Bertz CT molecular complexity index is 1100. The Morgan fingerprint density at radius 2 is 2.04 bits per heavy atom. The number of aromatic amines is 1. The Morgan fingerprint density at radius 1 is 1.17 bits per heavy atom. The molecule has 0 atom stereocenters. The predicted molar refractivity (Wildman–Crippen MR) is 89.9 cm³/mol. The van der Waals surface area contributed by atoms with Crippen LogP contribution in [0.25, 0.3) is 28.1 Å². The Kier molecular flexibility index (Phi) is 3.39. The van der Waals surface area contributed by atoms with E-state index in [0.29, 0.717) is 33.1 Å². The fourth-order valence-electron chi connectivity index (χ4n) is 2.57. The van der Waals surface area contributed by atoms with Gasteiger partial charge in [0.15, 0.2) is 0 Å². The summed E-state index contributed by atoms with van der Waals surface area (Å²) >= 11 is 5.85. The minimum Gasteiger partial charge on any atom is -0.328 e. The molecule has 0 aliphatic heterocycles. The molecule has 0 spiro atoms. The van der Waals surface area contributed by atoms with Crippen molar-refractivity contribution in [3.63, 3.8) is 0 Å². The maximum absolute atomic E-state index is 14.5. The van der Waals surface area contributed by atoms with Crippen LogP contribution in [0.5, 0.6) is 0 Å². The van der Waals surface area contributed by atoms with Gasteiger partial charge in [-0.2, -0.15) is 0 Å². The molecule has 4 aromatic rings. The summed E-state index contributed by atoms with van der Waals surface area (Å²) in [6.07, 6.45) is 4.78. The van der Waals surface area contributed by atoms with Gasteiger partial charge < -0.3 is 4.98 Å². The van der Waals surface area contributed by atoms with Gasteiger partial charge in [0.1, 0.15) is 11.6 Å². The van der Waals surface area contributed by atoms with Crippen molar-refractivity contribution in [2.24, 2.45) is 0 Å². The van der Waals surface area contributed by atoms with Gasteiger partial charge in [-0.1, -0.05) is 11.6 Å². The van der Waals surface area contributed by atoms with E-state index in [1.807, 2.05) is 0 Å². The number of nitrogens with zero attached hydrogens (tertiary/aromatic N) is 3. The molecule has 1 N–H and O–H groups in total. The summed E-state index contributed by atoms with van der Waals surface area (Å²) in [5.41, 5.74) is 2.05. The number of fused-ring (bicyclic) bond motifs is 1. The SMILES string of the molecule is O=c1ccc(-c2nc3ccncc3n2-c2ccc(Cl)cc2F)c[nH]1. The number of benzene rings is 1. The Labute approximate surface area is 140 Å². The highest BCUT2D eigenvalue weighted by Crippen LogP contribution is 2.29. The van der Waals surface area contributed by atoms with Gasteiger partial charge in [-0.3, -0.25) is 14.3 Å². The van der Waals surface area contributed by atoms with Crippen LogP contribution in [0.15, 0.2) is 59.8 Å². The molecule has 0 saturated carbocycles. The third-order valence-electron chi connectivity index (χ3n) is 3.65. The zero-order chi connectivity index (χ0) is 16.7. The zero-order valence-corrected chi connectivity index (χ0v) is 13.0. The van der Waals surface area contributed by atoms with E-state index in [9.17, 15) is 9.18 Å². The van der Waals surface area contributed by atoms with Crippen LogP contribution in [0.4, 0.5) is 4.39 Å². The first-order valence-corrected chi connectivity index (χ1v) is 7.48. The fourth-order valence-corrected chi connectivity index (χ4v) is 2.73. The average molecular weight is 341 g/mol. The molecule has 0 fully saturated rings. The van der Waals surface area contributed by atoms with Gasteiger partial charge >= 0.3 is 0 Å². The third kappa shape index (κ3) is 2.37. The lowest BCUT2D eigenvalue weighted by molar-refractivity contribution is 0.620. The number of imidazole rings is 1. The monoisotopic (exact) mass is 340 g/mol. The van der Waals surface area contributed by atoms with Gasteiger partial charge in [0.2, 0.25) is 5.56 Å². The molecule has 0 amide bonds. The van der Waals surface area contributed by atoms with Gasteiger partial charge in [0.05, 0.1) is 22.9 Å². The third-order valence-corrected chi connectivity index (χ3v) is 3.88. The van der Waals surface area contributed by atoms with Crippen molar-refractivity contribution >= 4 is 22.6 Å². The normalized spacial score (nSPS) is 11.1. The Hall–Kier alpha value is -2.99. The number of pyridine rings is 2. The molecule has 0 radical (unpaired) electrons. The molecule has 1 aromatic carbocycles. The second-order valence-corrected chi connectivity index (χ2v) is 5.61. The van der Waals surface area contributed by atoms with E-state index in [-0.39, 0.29) is 5.56 Å². The van der Waals surface area contributed by atoms with E-state index in [1.54, 1.807) is 47.4 Å². The van der Waals surface area contributed by atoms with Gasteiger partial charge in [-0.15, -0.1) is 0 Å². The minimum absolute atomic E-state index is 0.222. The van der Waals surface area contributed by atoms with Crippen molar-refractivity contribution in [3.05, 3.63) is 76.2 Å². The van der Waals surface area contributed by atoms with E-state index < -0.39 is 5.82 Å². The van der Waals surface area contributed by atoms with Crippen LogP contribution in [0, 0.1) is 5.82 Å². The molecular formula is C17H10ClFN4O. The summed E-state index contributed by atoms with van der Waals surface area (Å²) < 4.78 is 16.1. The smallest absolute Gasteiger partial charge is 0.247 e. The summed E-state index contributed by atoms with van der Waals surface area (Å²) in [5.74, 6) is 0.0202. The maximum atomic E-state index is 14.5. The number of rotatable bonds is 2. The van der Waals surface area contributed by atoms with Crippen molar-refractivity contribution in [3.8, 4) is 17.1 Å². The predicted octanol–water partition coefficient (Wildman–Crippen LogP) is 3.57.